The molecule has 1 saturated carbocycles. The quantitative estimate of drug-likeness (QED) is 0.143. The Balaban J connectivity index is 1.56. The van der Waals surface area contributed by atoms with E-state index in [1.165, 1.54) is 12.1 Å². The summed E-state index contributed by atoms with van der Waals surface area (Å²) in [4.78, 5) is 7.36. The highest BCUT2D eigenvalue weighted by Crippen LogP contribution is 2.42. The number of halogens is 7. The number of allylic oxidation sites excluding steroid dienone is 1. The van der Waals surface area contributed by atoms with Crippen molar-refractivity contribution in [2.75, 3.05) is 17.2 Å². The van der Waals surface area contributed by atoms with Crippen molar-refractivity contribution in [3.05, 3.63) is 80.0 Å². The molecule has 0 spiro atoms. The lowest BCUT2D eigenvalue weighted by Crippen LogP contribution is -2.20. The van der Waals surface area contributed by atoms with E-state index in [0.29, 0.717) is 22.3 Å². The number of rotatable bonds is 7. The number of ether oxygens (including phenoxy) is 1. The van der Waals surface area contributed by atoms with Crippen LogP contribution in [0.5, 0.6) is 5.75 Å². The van der Waals surface area contributed by atoms with Crippen molar-refractivity contribution in [1.29, 1.82) is 0 Å². The first-order valence-corrected chi connectivity index (χ1v) is 12.5. The molecule has 12 heteroatoms. The Bertz CT molecular complexity index is 1510. The summed E-state index contributed by atoms with van der Waals surface area (Å²) in [7, 11) is 0. The molecule has 192 valence electrons. The number of aromatic amines is 1. The molecule has 3 aromatic carbocycles. The average molecular weight is 616 g/mol. The van der Waals surface area contributed by atoms with E-state index in [2.05, 4.69) is 36.5 Å². The van der Waals surface area contributed by atoms with Gasteiger partial charge in [0.05, 0.1) is 26.8 Å². The number of alkyl halides is 3. The maximum atomic E-state index is 14.4. The molecule has 1 aromatic heterocycles. The Labute approximate surface area is 226 Å². The number of benzene rings is 3. The van der Waals surface area contributed by atoms with Crippen LogP contribution in [-0.4, -0.2) is 22.8 Å². The number of imidazole rings is 1. The molecule has 1 fully saturated rings. The van der Waals surface area contributed by atoms with Gasteiger partial charge in [-0.2, -0.15) is 13.2 Å². The van der Waals surface area contributed by atoms with Crippen molar-refractivity contribution in [3.63, 3.8) is 0 Å². The van der Waals surface area contributed by atoms with E-state index in [-0.39, 0.29) is 27.4 Å². The number of nitrogens with zero attached hydrogens (tertiary/aromatic N) is 1. The van der Waals surface area contributed by atoms with E-state index < -0.39 is 18.6 Å². The Morgan fingerprint density at radius 1 is 1.08 bits per heavy atom. The van der Waals surface area contributed by atoms with Crippen molar-refractivity contribution >= 4 is 73.2 Å². The second-order valence-corrected chi connectivity index (χ2v) is 10.0. The summed E-state index contributed by atoms with van der Waals surface area (Å²) in [6, 6.07) is 13.0. The minimum atomic E-state index is -4.53. The molecule has 0 saturated heterocycles. The van der Waals surface area contributed by atoms with Crippen LogP contribution < -0.4 is 15.4 Å². The lowest BCUT2D eigenvalue weighted by molar-refractivity contribution is -0.153. The fourth-order valence-corrected chi connectivity index (χ4v) is 4.29. The maximum Gasteiger partial charge on any atom is 0.422 e. The molecular weight excluding hydrogens is 599 g/mol. The topological polar surface area (TPSA) is 62.0 Å². The van der Waals surface area contributed by atoms with Crippen LogP contribution in [0.25, 0.3) is 16.7 Å². The highest BCUT2D eigenvalue weighted by Gasteiger charge is 2.30. The highest BCUT2D eigenvalue weighted by molar-refractivity contribution is 9.10. The minimum Gasteiger partial charge on any atom is -0.483 e. The first kappa shape index (κ1) is 25.7. The largest absolute Gasteiger partial charge is 0.483 e. The minimum absolute atomic E-state index is 0.00820. The van der Waals surface area contributed by atoms with Gasteiger partial charge in [-0.05, 0) is 60.9 Å². The van der Waals surface area contributed by atoms with E-state index in [1.54, 1.807) is 6.07 Å². The summed E-state index contributed by atoms with van der Waals surface area (Å²) in [6.07, 6.45) is -2.92. The fourth-order valence-electron chi connectivity index (χ4n) is 3.67. The molecule has 0 bridgehead atoms. The first-order valence-electron chi connectivity index (χ1n) is 11.0. The van der Waals surface area contributed by atoms with E-state index in [0.717, 1.165) is 34.6 Å². The van der Waals surface area contributed by atoms with Gasteiger partial charge in [-0.1, -0.05) is 39.1 Å². The highest BCUT2D eigenvalue weighted by atomic mass is 79.9. The normalized spacial score (nSPS) is 13.1. The summed E-state index contributed by atoms with van der Waals surface area (Å²) in [5, 5.41) is 6.20. The summed E-state index contributed by atoms with van der Waals surface area (Å²) < 4.78 is 59.6. The van der Waals surface area contributed by atoms with Crippen molar-refractivity contribution in [1.82, 2.24) is 9.97 Å². The van der Waals surface area contributed by atoms with E-state index >= 15 is 0 Å². The number of nitrogens with one attached hydrogen (secondary N) is 3. The molecule has 1 aliphatic carbocycles. The Morgan fingerprint density at radius 3 is 2.49 bits per heavy atom. The standard InChI is InChI=1S/C25H17BrCl2F4N4O/c26-13-3-5-14(6-4-13)33-22(12-1-2-12)15-9-18-19(10-20(15)37-11-25(30,31)32)35-24(34-18)36-23-17(29)8-7-16(27)21(23)28/h3-10,33H,1-2,11H2,(H2,34,35,36). The molecule has 0 unspecified atom stereocenters. The molecule has 5 rings (SSSR count). The SMILES string of the molecule is Fc1ccc(Cl)c(Cl)c1Nc1nc2cc(OCC(F)(F)F)c(C(Nc3ccc(Br)cc3)=C3CC3)cc2[nH]1. The lowest BCUT2D eigenvalue weighted by atomic mass is 10.1. The third-order valence-electron chi connectivity index (χ3n) is 5.50. The molecule has 0 amide bonds. The molecule has 1 heterocycles. The van der Waals surface area contributed by atoms with Gasteiger partial charge >= 0.3 is 6.18 Å². The van der Waals surface area contributed by atoms with Gasteiger partial charge < -0.3 is 20.4 Å². The van der Waals surface area contributed by atoms with Crippen LogP contribution >= 0.6 is 39.1 Å². The summed E-state index contributed by atoms with van der Waals surface area (Å²) >= 11 is 15.5. The van der Waals surface area contributed by atoms with E-state index in [9.17, 15) is 17.6 Å². The first-order chi connectivity index (χ1) is 17.6. The molecular formula is C25H17BrCl2F4N4O. The lowest BCUT2D eigenvalue weighted by Gasteiger charge is -2.17. The van der Waals surface area contributed by atoms with Gasteiger partial charge in [-0.15, -0.1) is 0 Å². The van der Waals surface area contributed by atoms with Crippen molar-refractivity contribution in [2.45, 2.75) is 19.0 Å². The van der Waals surface area contributed by atoms with Crippen LogP contribution in [0.3, 0.4) is 0 Å². The average Bonchev–Trinajstić information content (AvgIpc) is 3.61. The van der Waals surface area contributed by atoms with Crippen LogP contribution in [0, 0.1) is 5.82 Å². The van der Waals surface area contributed by atoms with Gasteiger partial charge in [0.1, 0.15) is 11.6 Å². The van der Waals surface area contributed by atoms with Gasteiger partial charge in [0.15, 0.2) is 6.61 Å². The second kappa shape index (κ2) is 10.1. The molecule has 0 radical (unpaired) electrons. The summed E-state index contributed by atoms with van der Waals surface area (Å²) in [5.41, 5.74) is 3.63. The molecule has 1 aliphatic rings. The van der Waals surface area contributed by atoms with Crippen molar-refractivity contribution in [3.8, 4) is 5.75 Å². The zero-order valence-electron chi connectivity index (χ0n) is 18.7. The number of fused-ring (bicyclic) bond motifs is 1. The van der Waals surface area contributed by atoms with Crippen molar-refractivity contribution in [2.24, 2.45) is 0 Å². The Hall–Kier alpha value is -2.95. The van der Waals surface area contributed by atoms with Gasteiger partial charge in [0.25, 0.3) is 0 Å². The zero-order chi connectivity index (χ0) is 26.3. The number of hydrogen-bond donors (Lipinski definition) is 3. The smallest absolute Gasteiger partial charge is 0.422 e. The number of H-pyrrole nitrogens is 1. The van der Waals surface area contributed by atoms with Crippen molar-refractivity contribution < 1.29 is 22.3 Å². The van der Waals surface area contributed by atoms with Gasteiger partial charge in [-0.3, -0.25) is 0 Å². The van der Waals surface area contributed by atoms with Crippen LogP contribution in [0.2, 0.25) is 10.0 Å². The van der Waals surface area contributed by atoms with E-state index in [1.807, 2.05) is 24.3 Å². The Kier molecular flexibility index (Phi) is 6.99. The molecule has 0 aliphatic heterocycles. The number of aromatic nitrogens is 2. The van der Waals surface area contributed by atoms with Crippen LogP contribution in [-0.2, 0) is 0 Å². The zero-order valence-corrected chi connectivity index (χ0v) is 21.8. The monoisotopic (exact) mass is 614 g/mol. The molecule has 4 aromatic rings. The molecule has 5 nitrogen and oxygen atoms in total. The fraction of sp³-hybridized carbons (Fsp3) is 0.160. The van der Waals surface area contributed by atoms with Gasteiger partial charge in [-0.25, -0.2) is 9.37 Å². The predicted octanol–water partition coefficient (Wildman–Crippen LogP) is 9.07. The predicted molar refractivity (Wildman–Crippen MR) is 141 cm³/mol. The van der Waals surface area contributed by atoms with E-state index in [4.69, 9.17) is 27.9 Å². The van der Waals surface area contributed by atoms with Crippen LogP contribution in [0.15, 0.2) is 58.6 Å². The second-order valence-electron chi connectivity index (χ2n) is 8.31. The third kappa shape index (κ3) is 5.97. The van der Waals surface area contributed by atoms with Crippen LogP contribution in [0.1, 0.15) is 18.4 Å². The molecule has 0 atom stereocenters. The summed E-state index contributed by atoms with van der Waals surface area (Å²) in [5.74, 6) is -0.517. The maximum absolute atomic E-state index is 14.4. The molecule has 3 N–H and O–H groups in total. The van der Waals surface area contributed by atoms with Crippen LogP contribution in [0.4, 0.5) is 34.9 Å². The summed E-state index contributed by atoms with van der Waals surface area (Å²) in [6.45, 7) is -1.47. The van der Waals surface area contributed by atoms with Gasteiger partial charge in [0.2, 0.25) is 5.95 Å². The van der Waals surface area contributed by atoms with Gasteiger partial charge in [0, 0.05) is 27.5 Å². The number of anilines is 3. The Morgan fingerprint density at radius 2 is 1.81 bits per heavy atom. The third-order valence-corrected chi connectivity index (χ3v) is 6.83. The molecule has 37 heavy (non-hydrogen) atoms. The number of hydrogen-bond acceptors (Lipinski definition) is 4.